The Morgan fingerprint density at radius 3 is 1.90 bits per heavy atom. The molecule has 20 heavy (non-hydrogen) atoms. The van der Waals surface area contributed by atoms with Gasteiger partial charge in [-0.3, -0.25) is 0 Å². The summed E-state index contributed by atoms with van der Waals surface area (Å²) in [7, 11) is 3.22. The molecule has 0 heterocycles. The zero-order valence-electron chi connectivity index (χ0n) is 12.1. The highest BCUT2D eigenvalue weighted by Gasteiger charge is 2.09. The van der Waals surface area contributed by atoms with Gasteiger partial charge in [0.1, 0.15) is 0 Å². The topological polar surface area (TPSA) is 44.5 Å². The zero-order valence-corrected chi connectivity index (χ0v) is 12.1. The second kappa shape index (κ2) is 6.96. The third-order valence-corrected chi connectivity index (χ3v) is 3.47. The fourth-order valence-corrected chi connectivity index (χ4v) is 2.15. The van der Waals surface area contributed by atoms with Crippen LogP contribution in [-0.2, 0) is 19.4 Å². The second-order valence-electron chi connectivity index (χ2n) is 4.66. The molecule has 0 saturated heterocycles. The van der Waals surface area contributed by atoms with Crippen molar-refractivity contribution in [2.24, 2.45) is 5.73 Å². The lowest BCUT2D eigenvalue weighted by Crippen LogP contribution is -2.06. The van der Waals surface area contributed by atoms with Crippen molar-refractivity contribution in [2.45, 2.75) is 19.4 Å². The van der Waals surface area contributed by atoms with Crippen LogP contribution in [0.25, 0.3) is 0 Å². The molecule has 2 aromatic carbocycles. The molecule has 0 spiro atoms. The highest BCUT2D eigenvalue weighted by atomic mass is 16.5. The number of nitrogens with two attached hydrogens (primary N) is 1. The van der Waals surface area contributed by atoms with Crippen LogP contribution in [0.4, 0.5) is 0 Å². The fourth-order valence-electron chi connectivity index (χ4n) is 2.15. The maximum atomic E-state index is 5.47. The van der Waals surface area contributed by atoms with Gasteiger partial charge in [-0.15, -0.1) is 0 Å². The highest BCUT2D eigenvalue weighted by Crippen LogP contribution is 2.27. The molecule has 2 N–H and O–H groups in total. The number of rotatable bonds is 3. The van der Waals surface area contributed by atoms with E-state index >= 15 is 0 Å². The molecule has 0 atom stereocenters. The molecule has 0 radical (unpaired) electrons. The average Bonchev–Trinajstić information content (AvgIpc) is 2.48. The highest BCUT2D eigenvalue weighted by molar-refractivity contribution is 5.42. The summed E-state index contributed by atoms with van der Waals surface area (Å²) in [6.45, 7) is 0.514. The third-order valence-electron chi connectivity index (χ3n) is 3.47. The Labute approximate surface area is 120 Å². The lowest BCUT2D eigenvalue weighted by atomic mass is 9.89. The normalized spacial score (nSPS) is 11.6. The first kappa shape index (κ1) is 14.4. The number of hydrogen-bond donors (Lipinski definition) is 1. The molecular formula is C17H21NO2. The van der Waals surface area contributed by atoms with E-state index in [0.717, 1.165) is 17.1 Å². The van der Waals surface area contributed by atoms with Gasteiger partial charge in [0, 0.05) is 6.54 Å². The minimum Gasteiger partial charge on any atom is -0.493 e. The molecular weight excluding hydrogens is 250 g/mol. The average molecular weight is 271 g/mol. The molecule has 0 fully saturated rings. The standard InChI is InChI=1S/C9H13NO2.C8H8/c1-11-8-4-3-7(6-10)5-9(8)12-2;1-2-4-8-6-5-7(8)3-1/h3-5H,6,10H2,1-2H3;1-4H,5-6H2. The molecule has 3 heteroatoms. The zero-order chi connectivity index (χ0) is 14.4. The summed E-state index contributed by atoms with van der Waals surface area (Å²) in [6.07, 6.45) is 2.60. The lowest BCUT2D eigenvalue weighted by Gasteiger charge is -2.16. The fraction of sp³-hybridized carbons (Fsp3) is 0.294. The van der Waals surface area contributed by atoms with Gasteiger partial charge in [0.05, 0.1) is 14.2 Å². The number of ether oxygens (including phenoxy) is 2. The summed E-state index contributed by atoms with van der Waals surface area (Å²) in [5, 5.41) is 0. The molecule has 0 saturated carbocycles. The van der Waals surface area contributed by atoms with Crippen LogP contribution < -0.4 is 15.2 Å². The molecule has 106 valence electrons. The number of aryl methyl sites for hydroxylation is 2. The van der Waals surface area contributed by atoms with Crippen molar-refractivity contribution in [2.75, 3.05) is 14.2 Å². The van der Waals surface area contributed by atoms with Gasteiger partial charge in [-0.1, -0.05) is 30.3 Å². The predicted octanol–water partition coefficient (Wildman–Crippen LogP) is 2.95. The molecule has 1 aliphatic rings. The minimum atomic E-state index is 0.514. The maximum absolute atomic E-state index is 5.47. The van der Waals surface area contributed by atoms with Crippen molar-refractivity contribution in [3.05, 3.63) is 59.2 Å². The molecule has 3 nitrogen and oxygen atoms in total. The summed E-state index contributed by atoms with van der Waals surface area (Å²) in [6, 6.07) is 14.3. The van der Waals surface area contributed by atoms with Crippen molar-refractivity contribution in [1.82, 2.24) is 0 Å². The van der Waals surface area contributed by atoms with Crippen LogP contribution in [-0.4, -0.2) is 14.2 Å². The SMILES string of the molecule is COc1ccc(CN)cc1OC.c1ccc2c(c1)CC2. The Balaban J connectivity index is 0.000000157. The second-order valence-corrected chi connectivity index (χ2v) is 4.66. The van der Waals surface area contributed by atoms with E-state index in [9.17, 15) is 0 Å². The largest absolute Gasteiger partial charge is 0.493 e. The molecule has 1 aliphatic carbocycles. The number of methoxy groups -OCH3 is 2. The van der Waals surface area contributed by atoms with Gasteiger partial charge in [0.25, 0.3) is 0 Å². The van der Waals surface area contributed by atoms with Crippen LogP contribution >= 0.6 is 0 Å². The van der Waals surface area contributed by atoms with Crippen LogP contribution in [0.1, 0.15) is 16.7 Å². The molecule has 0 bridgehead atoms. The van der Waals surface area contributed by atoms with E-state index in [-0.39, 0.29) is 0 Å². The Morgan fingerprint density at radius 1 is 0.900 bits per heavy atom. The van der Waals surface area contributed by atoms with Crippen LogP contribution in [0, 0.1) is 0 Å². The van der Waals surface area contributed by atoms with E-state index in [1.807, 2.05) is 18.2 Å². The minimum absolute atomic E-state index is 0.514. The van der Waals surface area contributed by atoms with Crippen molar-refractivity contribution >= 4 is 0 Å². The van der Waals surface area contributed by atoms with Crippen molar-refractivity contribution < 1.29 is 9.47 Å². The maximum Gasteiger partial charge on any atom is 0.161 e. The van der Waals surface area contributed by atoms with E-state index in [1.54, 1.807) is 25.3 Å². The molecule has 2 aromatic rings. The lowest BCUT2D eigenvalue weighted by molar-refractivity contribution is 0.354. The molecule has 0 amide bonds. The Morgan fingerprint density at radius 2 is 1.50 bits per heavy atom. The van der Waals surface area contributed by atoms with Crippen molar-refractivity contribution in [3.8, 4) is 11.5 Å². The summed E-state index contributed by atoms with van der Waals surface area (Å²) < 4.78 is 10.2. The molecule has 0 aliphatic heterocycles. The quantitative estimate of drug-likeness (QED) is 0.933. The van der Waals surface area contributed by atoms with E-state index in [0.29, 0.717) is 6.54 Å². The van der Waals surface area contributed by atoms with Gasteiger partial charge in [-0.2, -0.15) is 0 Å². The Kier molecular flexibility index (Phi) is 5.02. The summed E-state index contributed by atoms with van der Waals surface area (Å²) in [5.41, 5.74) is 9.60. The van der Waals surface area contributed by atoms with Gasteiger partial charge in [-0.25, -0.2) is 0 Å². The number of fused-ring (bicyclic) bond motifs is 1. The van der Waals surface area contributed by atoms with Gasteiger partial charge < -0.3 is 15.2 Å². The van der Waals surface area contributed by atoms with Crippen LogP contribution in [0.15, 0.2) is 42.5 Å². The van der Waals surface area contributed by atoms with Gasteiger partial charge >= 0.3 is 0 Å². The third kappa shape index (κ3) is 3.31. The predicted molar refractivity (Wildman–Crippen MR) is 81.3 cm³/mol. The van der Waals surface area contributed by atoms with E-state index in [4.69, 9.17) is 15.2 Å². The van der Waals surface area contributed by atoms with Crippen molar-refractivity contribution in [3.63, 3.8) is 0 Å². The summed E-state index contributed by atoms with van der Waals surface area (Å²) >= 11 is 0. The molecule has 0 unspecified atom stereocenters. The van der Waals surface area contributed by atoms with Gasteiger partial charge in [-0.05, 0) is 41.7 Å². The first-order valence-corrected chi connectivity index (χ1v) is 6.76. The summed E-state index contributed by atoms with van der Waals surface area (Å²) in [4.78, 5) is 0. The van der Waals surface area contributed by atoms with Gasteiger partial charge in [0.15, 0.2) is 11.5 Å². The number of hydrogen-bond acceptors (Lipinski definition) is 3. The van der Waals surface area contributed by atoms with Crippen molar-refractivity contribution in [1.29, 1.82) is 0 Å². The molecule has 0 aromatic heterocycles. The smallest absolute Gasteiger partial charge is 0.161 e. The van der Waals surface area contributed by atoms with Crippen LogP contribution in [0.3, 0.4) is 0 Å². The first-order valence-electron chi connectivity index (χ1n) is 6.76. The Hall–Kier alpha value is -2.00. The first-order chi connectivity index (χ1) is 9.78. The van der Waals surface area contributed by atoms with E-state index in [1.165, 1.54) is 12.8 Å². The van der Waals surface area contributed by atoms with Gasteiger partial charge in [0.2, 0.25) is 0 Å². The van der Waals surface area contributed by atoms with Crippen LogP contribution in [0.2, 0.25) is 0 Å². The van der Waals surface area contributed by atoms with Crippen LogP contribution in [0.5, 0.6) is 11.5 Å². The Bertz CT molecular complexity index is 544. The number of benzene rings is 2. The monoisotopic (exact) mass is 271 g/mol. The summed E-state index contributed by atoms with van der Waals surface area (Å²) in [5.74, 6) is 1.45. The van der Waals surface area contributed by atoms with E-state index < -0.39 is 0 Å². The molecule has 3 rings (SSSR count). The van der Waals surface area contributed by atoms with E-state index in [2.05, 4.69) is 24.3 Å².